The maximum Gasteiger partial charge on any atom is 0.261 e. The van der Waals surface area contributed by atoms with Crippen LogP contribution in [0.25, 0.3) is 0 Å². The van der Waals surface area contributed by atoms with Crippen molar-refractivity contribution >= 4 is 33.4 Å². The summed E-state index contributed by atoms with van der Waals surface area (Å²) in [5.41, 5.74) is 1.71. The molecule has 0 heterocycles. The molecule has 2 N–H and O–H groups in total. The van der Waals surface area contributed by atoms with Crippen LogP contribution in [0.2, 0.25) is 0 Å². The van der Waals surface area contributed by atoms with E-state index in [0.717, 1.165) is 11.0 Å². The third-order valence-electron chi connectivity index (χ3n) is 5.08. The Labute approximate surface area is 177 Å². The summed E-state index contributed by atoms with van der Waals surface area (Å²) in [4.78, 5) is 12.6. The van der Waals surface area contributed by atoms with Crippen LogP contribution in [0, 0.1) is 6.92 Å². The fraction of sp³-hybridized carbons (Fsp3) is 0.409. The largest absolute Gasteiger partial charge is 0.351 e. The zero-order valence-corrected chi connectivity index (χ0v) is 18.3. The summed E-state index contributed by atoms with van der Waals surface area (Å²) < 4.78 is 27.6. The molecule has 0 unspecified atom stereocenters. The normalized spacial score (nSPS) is 15.1. The van der Waals surface area contributed by atoms with E-state index in [9.17, 15) is 13.2 Å². The first-order chi connectivity index (χ1) is 14.0. The molecule has 2 aromatic carbocycles. The van der Waals surface area contributed by atoms with E-state index in [2.05, 4.69) is 10.0 Å². The van der Waals surface area contributed by atoms with Gasteiger partial charge in [0.2, 0.25) is 0 Å². The van der Waals surface area contributed by atoms with Gasteiger partial charge < -0.3 is 5.32 Å². The minimum absolute atomic E-state index is 0.130. The van der Waals surface area contributed by atoms with Gasteiger partial charge in [0.1, 0.15) is 0 Å². The first-order valence-corrected chi connectivity index (χ1v) is 12.6. The van der Waals surface area contributed by atoms with Crippen LogP contribution in [0.1, 0.15) is 48.0 Å². The average Bonchev–Trinajstić information content (AvgIpc) is 2.74. The van der Waals surface area contributed by atoms with E-state index in [-0.39, 0.29) is 10.8 Å². The molecule has 1 fully saturated rings. The van der Waals surface area contributed by atoms with Crippen LogP contribution in [-0.2, 0) is 10.0 Å². The quantitative estimate of drug-likeness (QED) is 0.598. The Morgan fingerprint density at radius 1 is 1.07 bits per heavy atom. The van der Waals surface area contributed by atoms with E-state index in [1.807, 2.05) is 11.8 Å². The highest BCUT2D eigenvalue weighted by Gasteiger charge is 2.16. The molecule has 1 aliphatic rings. The molecule has 0 atom stereocenters. The molecule has 2 aromatic rings. The van der Waals surface area contributed by atoms with E-state index in [1.165, 1.54) is 32.1 Å². The van der Waals surface area contributed by atoms with Gasteiger partial charge in [-0.3, -0.25) is 9.52 Å². The molecule has 3 rings (SSSR count). The molecular weight excluding hydrogens is 404 g/mol. The maximum absolute atomic E-state index is 12.5. The number of carbonyl (C=O) groups excluding carboxylic acids is 1. The van der Waals surface area contributed by atoms with Crippen molar-refractivity contribution in [1.29, 1.82) is 0 Å². The number of benzene rings is 2. The number of rotatable bonds is 8. The lowest BCUT2D eigenvalue weighted by Crippen LogP contribution is -2.26. The second kappa shape index (κ2) is 10.2. The number of carbonyl (C=O) groups is 1. The summed E-state index contributed by atoms with van der Waals surface area (Å²) in [6, 6.07) is 13.2. The van der Waals surface area contributed by atoms with Crippen molar-refractivity contribution in [3.63, 3.8) is 0 Å². The van der Waals surface area contributed by atoms with Gasteiger partial charge in [-0.25, -0.2) is 8.42 Å². The van der Waals surface area contributed by atoms with Crippen molar-refractivity contribution in [3.8, 4) is 0 Å². The second-order valence-electron chi connectivity index (χ2n) is 7.33. The molecule has 0 radical (unpaired) electrons. The lowest BCUT2D eigenvalue weighted by Gasteiger charge is -2.20. The lowest BCUT2D eigenvalue weighted by molar-refractivity contribution is 0.0956. The SMILES string of the molecule is Cc1cc(C(=O)NCCSC2CCCCC2)ccc1NS(=O)(=O)c1ccccc1. The van der Waals surface area contributed by atoms with Gasteiger partial charge in [0.05, 0.1) is 10.6 Å². The van der Waals surface area contributed by atoms with Gasteiger partial charge in [-0.15, -0.1) is 0 Å². The Morgan fingerprint density at radius 2 is 1.79 bits per heavy atom. The van der Waals surface area contributed by atoms with Crippen molar-refractivity contribution < 1.29 is 13.2 Å². The molecule has 5 nitrogen and oxygen atoms in total. The van der Waals surface area contributed by atoms with Gasteiger partial charge in [-0.2, -0.15) is 11.8 Å². The van der Waals surface area contributed by atoms with Gasteiger partial charge >= 0.3 is 0 Å². The van der Waals surface area contributed by atoms with E-state index >= 15 is 0 Å². The molecule has 0 aromatic heterocycles. The summed E-state index contributed by atoms with van der Waals surface area (Å²) >= 11 is 1.95. The molecule has 0 spiro atoms. The van der Waals surface area contributed by atoms with Crippen molar-refractivity contribution in [2.24, 2.45) is 0 Å². The highest BCUT2D eigenvalue weighted by Crippen LogP contribution is 2.27. The van der Waals surface area contributed by atoms with Gasteiger partial charge in [0.25, 0.3) is 15.9 Å². The van der Waals surface area contributed by atoms with Crippen LogP contribution >= 0.6 is 11.8 Å². The Hall–Kier alpha value is -1.99. The number of anilines is 1. The molecule has 156 valence electrons. The number of nitrogens with one attached hydrogen (secondary N) is 2. The lowest BCUT2D eigenvalue weighted by atomic mass is 10.0. The number of aryl methyl sites for hydroxylation is 1. The molecule has 1 saturated carbocycles. The van der Waals surface area contributed by atoms with E-state index in [4.69, 9.17) is 0 Å². The summed E-state index contributed by atoms with van der Waals surface area (Å²) in [6.45, 7) is 2.43. The Kier molecular flexibility index (Phi) is 7.61. The first-order valence-electron chi connectivity index (χ1n) is 10.0. The fourth-order valence-corrected chi connectivity index (χ4v) is 5.82. The average molecular weight is 433 g/mol. The van der Waals surface area contributed by atoms with Crippen LogP contribution in [0.3, 0.4) is 0 Å². The molecule has 29 heavy (non-hydrogen) atoms. The van der Waals surface area contributed by atoms with E-state index in [1.54, 1.807) is 55.5 Å². The Morgan fingerprint density at radius 3 is 2.48 bits per heavy atom. The molecule has 0 saturated heterocycles. The number of amides is 1. The first kappa shape index (κ1) is 21.7. The summed E-state index contributed by atoms with van der Waals surface area (Å²) in [7, 11) is -3.65. The Bertz CT molecular complexity index is 924. The molecule has 7 heteroatoms. The standard InChI is InChI=1S/C22H28N2O3S2/c1-17-16-18(22(25)23-14-15-28-19-8-4-2-5-9-19)12-13-21(17)24-29(26,27)20-10-6-3-7-11-20/h3,6-7,10-13,16,19,24H,2,4-5,8-9,14-15H2,1H3,(H,23,25). The zero-order chi connectivity index (χ0) is 20.7. The van der Waals surface area contributed by atoms with Crippen LogP contribution in [0.15, 0.2) is 53.4 Å². The van der Waals surface area contributed by atoms with Crippen molar-refractivity contribution in [3.05, 3.63) is 59.7 Å². The minimum atomic E-state index is -3.65. The van der Waals surface area contributed by atoms with Crippen LogP contribution in [0.4, 0.5) is 5.69 Å². The van der Waals surface area contributed by atoms with Crippen LogP contribution in [0.5, 0.6) is 0 Å². The molecule has 1 aliphatic carbocycles. The summed E-state index contributed by atoms with van der Waals surface area (Å²) in [6.07, 6.45) is 6.58. The predicted octanol–water partition coefficient (Wildman–Crippen LogP) is 4.59. The molecular formula is C22H28N2O3S2. The van der Waals surface area contributed by atoms with Gasteiger partial charge in [-0.05, 0) is 55.7 Å². The fourth-order valence-electron chi connectivity index (χ4n) is 3.45. The van der Waals surface area contributed by atoms with E-state index < -0.39 is 10.0 Å². The topological polar surface area (TPSA) is 75.3 Å². The highest BCUT2D eigenvalue weighted by atomic mass is 32.2. The third-order valence-corrected chi connectivity index (χ3v) is 7.84. The predicted molar refractivity (Wildman–Crippen MR) is 120 cm³/mol. The number of thioether (sulfide) groups is 1. The third kappa shape index (κ3) is 6.24. The molecule has 1 amide bonds. The minimum Gasteiger partial charge on any atom is -0.351 e. The van der Waals surface area contributed by atoms with Crippen molar-refractivity contribution in [2.75, 3.05) is 17.0 Å². The molecule has 0 bridgehead atoms. The second-order valence-corrected chi connectivity index (χ2v) is 10.4. The van der Waals surface area contributed by atoms with Crippen LogP contribution in [-0.4, -0.2) is 31.9 Å². The monoisotopic (exact) mass is 432 g/mol. The number of sulfonamides is 1. The van der Waals surface area contributed by atoms with Crippen molar-refractivity contribution in [1.82, 2.24) is 5.32 Å². The zero-order valence-electron chi connectivity index (χ0n) is 16.7. The smallest absolute Gasteiger partial charge is 0.261 e. The number of hydrogen-bond donors (Lipinski definition) is 2. The van der Waals surface area contributed by atoms with Crippen molar-refractivity contribution in [2.45, 2.75) is 49.2 Å². The highest BCUT2D eigenvalue weighted by molar-refractivity contribution is 7.99. The van der Waals surface area contributed by atoms with Gasteiger partial charge in [0.15, 0.2) is 0 Å². The van der Waals surface area contributed by atoms with Gasteiger partial charge in [-0.1, -0.05) is 37.5 Å². The summed E-state index contributed by atoms with van der Waals surface area (Å²) in [5, 5.41) is 3.70. The Balaban J connectivity index is 1.53. The van der Waals surface area contributed by atoms with Gasteiger partial charge in [0, 0.05) is 23.1 Å². The maximum atomic E-state index is 12.5. The van der Waals surface area contributed by atoms with Crippen LogP contribution < -0.4 is 10.0 Å². The van der Waals surface area contributed by atoms with E-state index in [0.29, 0.717) is 23.4 Å². The molecule has 0 aliphatic heterocycles. The number of hydrogen-bond acceptors (Lipinski definition) is 4. The summed E-state index contributed by atoms with van der Waals surface area (Å²) in [5.74, 6) is 0.791.